The second kappa shape index (κ2) is 33.3. The smallest absolute Gasteiger partial charge is 0.409 e. The number of anilines is 2. The summed E-state index contributed by atoms with van der Waals surface area (Å²) in [6, 6.07) is 3.28. The van der Waals surface area contributed by atoms with Gasteiger partial charge in [0.2, 0.25) is 29.5 Å². The third-order valence-electron chi connectivity index (χ3n) is 17.2. The molecule has 514 valence electrons. The molecule has 8 N–H and O–H groups in total. The zero-order valence-corrected chi connectivity index (χ0v) is 57.0. The van der Waals surface area contributed by atoms with Crippen molar-refractivity contribution in [2.75, 3.05) is 65.3 Å². The first-order chi connectivity index (χ1) is 43.5. The number of nitrogens with zero attached hydrogens (tertiary/aromatic N) is 3. The summed E-state index contributed by atoms with van der Waals surface area (Å²) < 4.78 is 33.5. The van der Waals surface area contributed by atoms with E-state index in [-0.39, 0.29) is 113 Å². The molecular formula is C66H96ClN9O17. The van der Waals surface area contributed by atoms with Crippen LogP contribution in [-0.2, 0) is 58.9 Å². The third kappa shape index (κ3) is 21.1. The number of hydrogen-bond donors (Lipinski definition) is 7. The molecule has 3 aliphatic heterocycles. The highest BCUT2D eigenvalue weighted by molar-refractivity contribution is 6.35. The molecule has 0 spiro atoms. The maximum absolute atomic E-state index is 14.0. The van der Waals surface area contributed by atoms with Crippen molar-refractivity contribution in [3.8, 4) is 11.5 Å². The quantitative estimate of drug-likeness (QED) is 0.0136. The number of methoxy groups -OCH3 is 3. The van der Waals surface area contributed by atoms with Gasteiger partial charge in [-0.25, -0.2) is 14.4 Å². The summed E-state index contributed by atoms with van der Waals surface area (Å²) in [6.07, 6.45) is 5.49. The molecule has 2 aromatic carbocycles. The zero-order valence-electron chi connectivity index (χ0n) is 56.3. The van der Waals surface area contributed by atoms with E-state index in [0.717, 1.165) is 10.5 Å². The number of ether oxygens (including phenoxy) is 6. The fraction of sp³-hybridized carbons (Fsp3) is 0.606. The number of aliphatic hydroxyl groups is 1. The van der Waals surface area contributed by atoms with Crippen LogP contribution in [0.1, 0.15) is 143 Å². The van der Waals surface area contributed by atoms with Crippen LogP contribution in [0, 0.1) is 23.2 Å². The molecule has 0 aliphatic carbocycles. The van der Waals surface area contributed by atoms with Crippen LogP contribution in [0.5, 0.6) is 11.5 Å². The second-order valence-corrected chi connectivity index (χ2v) is 26.5. The molecule has 0 bridgehead atoms. The summed E-state index contributed by atoms with van der Waals surface area (Å²) in [5, 5.41) is 25.0. The van der Waals surface area contributed by atoms with E-state index in [2.05, 4.69) is 26.6 Å². The minimum absolute atomic E-state index is 0.0197. The Balaban J connectivity index is 1.16. The lowest BCUT2D eigenvalue weighted by atomic mass is 9.75. The van der Waals surface area contributed by atoms with Crippen LogP contribution in [0.3, 0.4) is 0 Å². The Bertz CT molecular complexity index is 3110. The van der Waals surface area contributed by atoms with Gasteiger partial charge in [-0.15, -0.1) is 0 Å². The number of epoxide rings is 1. The molecule has 3 heterocycles. The maximum Gasteiger partial charge on any atom is 0.409 e. The molecule has 0 saturated carbocycles. The van der Waals surface area contributed by atoms with Gasteiger partial charge in [-0.05, 0) is 113 Å². The van der Waals surface area contributed by atoms with Crippen molar-refractivity contribution in [2.45, 2.75) is 181 Å². The van der Waals surface area contributed by atoms with E-state index >= 15 is 0 Å². The first kappa shape index (κ1) is 75.9. The van der Waals surface area contributed by atoms with Gasteiger partial charge >= 0.3 is 18.1 Å². The number of nitrogens with one attached hydrogen (secondary N) is 5. The molecule has 5 rings (SSSR count). The number of carbonyl (C=O) groups is 10. The van der Waals surface area contributed by atoms with Crippen LogP contribution >= 0.6 is 11.6 Å². The number of alkyl carbamates (subject to hydrolysis) is 1. The molecule has 2 aromatic rings. The van der Waals surface area contributed by atoms with Gasteiger partial charge in [0.25, 0.3) is 11.8 Å². The molecule has 27 heteroatoms. The Morgan fingerprint density at radius 2 is 1.57 bits per heavy atom. The lowest BCUT2D eigenvalue weighted by Gasteiger charge is -2.42. The van der Waals surface area contributed by atoms with Gasteiger partial charge in [-0.3, -0.25) is 43.8 Å². The number of benzene rings is 2. The number of cyclic esters (lactones) is 1. The highest BCUT2D eigenvalue weighted by Crippen LogP contribution is 2.44. The number of likely N-dealkylation sites (tertiary alicyclic amines) is 1. The second-order valence-electron chi connectivity index (χ2n) is 26.1. The van der Waals surface area contributed by atoms with Crippen molar-refractivity contribution >= 4 is 82.4 Å². The number of esters is 1. The van der Waals surface area contributed by atoms with Gasteiger partial charge in [0, 0.05) is 71.5 Å². The third-order valence-corrected chi connectivity index (χ3v) is 17.6. The van der Waals surface area contributed by atoms with E-state index in [4.69, 9.17) is 45.8 Å². The van der Waals surface area contributed by atoms with Crippen molar-refractivity contribution in [1.29, 1.82) is 0 Å². The van der Waals surface area contributed by atoms with Crippen LogP contribution in [0.2, 0.25) is 5.02 Å². The van der Waals surface area contributed by atoms with E-state index in [0.29, 0.717) is 44.1 Å². The van der Waals surface area contributed by atoms with Crippen LogP contribution in [-0.4, -0.2) is 177 Å². The number of halogens is 1. The molecule has 93 heavy (non-hydrogen) atoms. The van der Waals surface area contributed by atoms with Gasteiger partial charge in [-0.2, -0.15) is 0 Å². The number of rotatable bonds is 32. The summed E-state index contributed by atoms with van der Waals surface area (Å²) >= 11 is 6.74. The standard InChI is InChI=1S/C66H96ClN9O17/c1-37(2)56(72-51(77)24-17-16-18-28-76-52(78)33-43(34-53(76)79)64(6,7)8)59(82)71-45(22-20-27-69-62(68)85)58(81)70-44-26-25-42(32-47(44)88-13)60(83)74(11)40(5)61(84)91-36-54(80)75(12)46-30-41(31-48(89-14)55(46)67)29-38(3)21-19-23-50(90-15)66(87)35-49(92-63(86)73-66)39(4)57-65(9,10)93-57/h19,21,23,25-26,30-32,37,39-40,43,45,49-50,56-57,87H,16-18,20,22,24,27-29,33-36H2,1-15H3,(H,70,81)(H,71,82)(H,72,77)(H,73,86)(H3,68,69,85)/b23-19+,38-21+/t39-,40+,45+,49+,50-,56+,57+,66+/m1/s1. The SMILES string of the molecule is COc1cc(C(=O)N(C)[C@@H](C)C(=O)OCC(=O)N(C)c2cc(C/C(C)=C/C=C/[C@@H](OC)[C@@]3(O)C[C@@H]([C@@H](C)[C@@H]4OC4(C)C)OC(=O)N3)cc(OC)c2Cl)ccc1NC(=O)[C@H](CCCNC(N)=O)NC(=O)[C@@H](NC(=O)CCCCCN1C(=O)CC(C(C)(C)C)CC1=O)C(C)C. The first-order valence-corrected chi connectivity index (χ1v) is 31.7. The number of nitrogens with two attached hydrogens (primary N) is 1. The molecular weight excluding hydrogens is 1230 g/mol. The van der Waals surface area contributed by atoms with Crippen molar-refractivity contribution in [3.05, 3.63) is 70.3 Å². The van der Waals surface area contributed by atoms with Crippen LogP contribution < -0.4 is 46.7 Å². The molecule has 0 aromatic heterocycles. The Kier molecular flexibility index (Phi) is 27.2. The van der Waals surface area contributed by atoms with Crippen molar-refractivity contribution < 1.29 is 81.5 Å². The monoisotopic (exact) mass is 1320 g/mol. The Morgan fingerprint density at radius 3 is 2.16 bits per heavy atom. The molecule has 3 saturated heterocycles. The van der Waals surface area contributed by atoms with Crippen LogP contribution in [0.4, 0.5) is 21.0 Å². The number of allylic oxidation sites excluding steroid dienone is 3. The average Bonchev–Trinajstić information content (AvgIpc) is 1.64. The van der Waals surface area contributed by atoms with Gasteiger partial charge < -0.3 is 70.3 Å². The summed E-state index contributed by atoms with van der Waals surface area (Å²) in [4.78, 5) is 135. The predicted molar refractivity (Wildman–Crippen MR) is 347 cm³/mol. The number of piperidine rings is 1. The van der Waals surface area contributed by atoms with E-state index in [1.807, 2.05) is 48.5 Å². The maximum atomic E-state index is 14.0. The zero-order chi connectivity index (χ0) is 69.4. The van der Waals surface area contributed by atoms with Gasteiger partial charge in [0.15, 0.2) is 12.3 Å². The highest BCUT2D eigenvalue weighted by Gasteiger charge is 2.56. The first-order valence-electron chi connectivity index (χ1n) is 31.3. The van der Waals surface area contributed by atoms with E-state index in [1.54, 1.807) is 44.2 Å². The minimum atomic E-state index is -1.77. The molecule has 3 fully saturated rings. The number of amides is 10. The topological polar surface area (TPSA) is 345 Å². The minimum Gasteiger partial charge on any atom is -0.495 e. The number of unbranched alkanes of at least 4 members (excludes halogenated alkanes) is 2. The number of likely N-dealkylation sites (N-methyl/N-ethyl adjacent to an activating group) is 2. The van der Waals surface area contributed by atoms with Crippen molar-refractivity contribution in [3.63, 3.8) is 0 Å². The molecule has 3 aliphatic rings. The van der Waals surface area contributed by atoms with Crippen molar-refractivity contribution in [2.24, 2.45) is 28.9 Å². The number of urea groups is 1. The van der Waals surface area contributed by atoms with Crippen molar-refractivity contribution in [1.82, 2.24) is 31.1 Å². The van der Waals surface area contributed by atoms with E-state index < -0.39 is 96.2 Å². The summed E-state index contributed by atoms with van der Waals surface area (Å²) in [7, 11) is 6.97. The Morgan fingerprint density at radius 1 is 0.914 bits per heavy atom. The van der Waals surface area contributed by atoms with Gasteiger partial charge in [-0.1, -0.05) is 83.4 Å². The Hall–Kier alpha value is -7.81. The summed E-state index contributed by atoms with van der Waals surface area (Å²) in [5.74, 6) is -4.65. The number of hydrogen-bond acceptors (Lipinski definition) is 17. The lowest BCUT2D eigenvalue weighted by molar-refractivity contribution is -0.152. The largest absolute Gasteiger partial charge is 0.495 e. The highest BCUT2D eigenvalue weighted by atomic mass is 35.5. The normalized spacial score (nSPS) is 19.9. The van der Waals surface area contributed by atoms with E-state index in [1.165, 1.54) is 70.3 Å². The number of primary amides is 1. The fourth-order valence-electron chi connectivity index (χ4n) is 11.2. The van der Waals surface area contributed by atoms with Crippen LogP contribution in [0.25, 0.3) is 0 Å². The van der Waals surface area contributed by atoms with E-state index in [9.17, 15) is 53.1 Å². The molecule has 0 unspecified atom stereocenters. The summed E-state index contributed by atoms with van der Waals surface area (Å²) in [6.45, 7) is 18.2. The lowest BCUT2D eigenvalue weighted by Crippen LogP contribution is -2.63. The molecule has 10 amide bonds. The van der Waals surface area contributed by atoms with Crippen LogP contribution in [0.15, 0.2) is 54.1 Å². The molecule has 8 atom stereocenters. The summed E-state index contributed by atoms with van der Waals surface area (Å²) in [5.41, 5.74) is 4.91. The fourth-order valence-corrected chi connectivity index (χ4v) is 11.5. The van der Waals surface area contributed by atoms with Gasteiger partial charge in [0.05, 0.1) is 37.3 Å². The Labute approximate surface area is 550 Å². The number of carbonyl (C=O) groups excluding carboxylic acids is 10. The average molecular weight is 1320 g/mol. The van der Waals surface area contributed by atoms with Gasteiger partial charge in [0.1, 0.15) is 46.9 Å². The predicted octanol–water partition coefficient (Wildman–Crippen LogP) is 6.47. The number of imide groups is 1. The molecule has 0 radical (unpaired) electrons. The molecule has 26 nitrogen and oxygen atoms in total.